The summed E-state index contributed by atoms with van der Waals surface area (Å²) in [4.78, 5) is 21.5. The van der Waals surface area contributed by atoms with Gasteiger partial charge in [0.05, 0.1) is 6.42 Å². The number of carbonyl (C=O) groups excluding carboxylic acids is 1. The van der Waals surface area contributed by atoms with Crippen molar-refractivity contribution in [3.63, 3.8) is 0 Å². The number of hydrogen-bond donors (Lipinski definition) is 2. The first-order valence-electron chi connectivity index (χ1n) is 5.53. The molecule has 0 saturated carbocycles. The van der Waals surface area contributed by atoms with E-state index in [1.807, 2.05) is 0 Å². The Labute approximate surface area is 112 Å². The second kappa shape index (κ2) is 6.78. The number of carbonyl (C=O) groups is 2. The highest BCUT2D eigenvalue weighted by atomic mass is 19.4. The molecule has 110 valence electrons. The summed E-state index contributed by atoms with van der Waals surface area (Å²) in [6, 6.07) is 5.87. The highest BCUT2D eigenvalue weighted by Gasteiger charge is 2.27. The quantitative estimate of drug-likeness (QED) is 0.830. The van der Waals surface area contributed by atoms with Crippen molar-refractivity contribution < 1.29 is 32.6 Å². The van der Waals surface area contributed by atoms with Gasteiger partial charge in [-0.2, -0.15) is 13.2 Å². The van der Waals surface area contributed by atoms with Gasteiger partial charge in [0.15, 0.2) is 6.61 Å². The Morgan fingerprint density at radius 2 is 1.80 bits per heavy atom. The molecule has 0 aliphatic carbocycles. The van der Waals surface area contributed by atoms with Gasteiger partial charge in [0, 0.05) is 0 Å². The van der Waals surface area contributed by atoms with Crippen LogP contribution in [0.5, 0.6) is 5.75 Å². The van der Waals surface area contributed by atoms with Crippen molar-refractivity contribution in [3.8, 4) is 5.75 Å². The summed E-state index contributed by atoms with van der Waals surface area (Å²) in [5, 5.41) is 10.2. The maximum atomic E-state index is 11.8. The second-order valence-corrected chi connectivity index (χ2v) is 3.90. The van der Waals surface area contributed by atoms with E-state index in [1.165, 1.54) is 24.3 Å². The zero-order valence-electron chi connectivity index (χ0n) is 10.2. The summed E-state index contributed by atoms with van der Waals surface area (Å²) >= 11 is 0. The largest absolute Gasteiger partial charge is 0.484 e. The molecule has 2 N–H and O–H groups in total. The average molecular weight is 291 g/mol. The van der Waals surface area contributed by atoms with Crippen LogP contribution in [-0.2, 0) is 16.0 Å². The monoisotopic (exact) mass is 291 g/mol. The van der Waals surface area contributed by atoms with Gasteiger partial charge in [-0.1, -0.05) is 12.1 Å². The Morgan fingerprint density at radius 3 is 2.30 bits per heavy atom. The molecule has 5 nitrogen and oxygen atoms in total. The van der Waals surface area contributed by atoms with Crippen molar-refractivity contribution in [2.24, 2.45) is 0 Å². The van der Waals surface area contributed by atoms with Crippen LogP contribution in [0.1, 0.15) is 5.56 Å². The smallest absolute Gasteiger partial charge is 0.405 e. The number of hydrogen-bond acceptors (Lipinski definition) is 3. The predicted molar refractivity (Wildman–Crippen MR) is 62.3 cm³/mol. The first kappa shape index (κ1) is 15.8. The fraction of sp³-hybridized carbons (Fsp3) is 0.333. The van der Waals surface area contributed by atoms with Crippen LogP contribution < -0.4 is 10.1 Å². The van der Waals surface area contributed by atoms with Gasteiger partial charge >= 0.3 is 12.1 Å². The lowest BCUT2D eigenvalue weighted by molar-refractivity contribution is -0.139. The molecule has 20 heavy (non-hydrogen) atoms. The summed E-state index contributed by atoms with van der Waals surface area (Å²) in [5.41, 5.74) is 0.548. The van der Waals surface area contributed by atoms with Crippen molar-refractivity contribution >= 4 is 11.9 Å². The van der Waals surface area contributed by atoms with Crippen molar-refractivity contribution in [2.75, 3.05) is 13.2 Å². The number of halogens is 3. The normalized spacial score (nSPS) is 10.9. The molecule has 0 heterocycles. The first-order chi connectivity index (χ1) is 9.26. The van der Waals surface area contributed by atoms with Gasteiger partial charge in [-0.15, -0.1) is 0 Å². The Bertz CT molecular complexity index is 471. The van der Waals surface area contributed by atoms with Crippen LogP contribution in [0.2, 0.25) is 0 Å². The topological polar surface area (TPSA) is 75.6 Å². The van der Waals surface area contributed by atoms with Crippen LogP contribution >= 0.6 is 0 Å². The molecule has 0 aliphatic rings. The van der Waals surface area contributed by atoms with Crippen LogP contribution in [-0.4, -0.2) is 36.3 Å². The molecule has 0 aliphatic heterocycles. The third kappa shape index (κ3) is 6.62. The third-order valence-electron chi connectivity index (χ3n) is 2.13. The number of amides is 1. The lowest BCUT2D eigenvalue weighted by Crippen LogP contribution is -2.36. The first-order valence-corrected chi connectivity index (χ1v) is 5.53. The Kier molecular flexibility index (Phi) is 5.36. The van der Waals surface area contributed by atoms with Gasteiger partial charge in [0.25, 0.3) is 5.91 Å². The minimum absolute atomic E-state index is 0.146. The zero-order chi connectivity index (χ0) is 15.2. The maximum Gasteiger partial charge on any atom is 0.405 e. The van der Waals surface area contributed by atoms with Crippen molar-refractivity contribution in [2.45, 2.75) is 12.6 Å². The predicted octanol–water partition coefficient (Wildman–Crippen LogP) is 1.37. The molecule has 0 fully saturated rings. The van der Waals surface area contributed by atoms with E-state index < -0.39 is 31.2 Å². The van der Waals surface area contributed by atoms with Crippen molar-refractivity contribution in [1.29, 1.82) is 0 Å². The Morgan fingerprint density at radius 1 is 1.20 bits per heavy atom. The van der Waals surface area contributed by atoms with E-state index in [4.69, 9.17) is 9.84 Å². The summed E-state index contributed by atoms with van der Waals surface area (Å²) < 4.78 is 40.4. The van der Waals surface area contributed by atoms with Gasteiger partial charge in [0.2, 0.25) is 0 Å². The van der Waals surface area contributed by atoms with Crippen LogP contribution in [0.4, 0.5) is 13.2 Å². The number of carboxylic acids is 1. The van der Waals surface area contributed by atoms with Crippen molar-refractivity contribution in [3.05, 3.63) is 29.8 Å². The van der Waals surface area contributed by atoms with E-state index in [0.29, 0.717) is 5.56 Å². The van der Waals surface area contributed by atoms with E-state index in [9.17, 15) is 22.8 Å². The number of nitrogens with one attached hydrogen (secondary N) is 1. The molecule has 0 saturated heterocycles. The van der Waals surface area contributed by atoms with Gasteiger partial charge < -0.3 is 15.2 Å². The molecule has 8 heteroatoms. The van der Waals surface area contributed by atoms with E-state index in [2.05, 4.69) is 0 Å². The van der Waals surface area contributed by atoms with E-state index in [1.54, 1.807) is 5.32 Å². The van der Waals surface area contributed by atoms with Gasteiger partial charge in [-0.25, -0.2) is 0 Å². The fourth-order valence-electron chi connectivity index (χ4n) is 1.28. The minimum Gasteiger partial charge on any atom is -0.484 e. The molecule has 0 spiro atoms. The Hall–Kier alpha value is -2.25. The van der Waals surface area contributed by atoms with E-state index in [0.717, 1.165) is 0 Å². The number of rotatable bonds is 6. The molecule has 0 unspecified atom stereocenters. The molecule has 1 rings (SSSR count). The van der Waals surface area contributed by atoms with Crippen LogP contribution in [0.25, 0.3) is 0 Å². The molecule has 1 aromatic rings. The third-order valence-corrected chi connectivity index (χ3v) is 2.13. The summed E-state index contributed by atoms with van der Waals surface area (Å²) in [7, 11) is 0. The average Bonchev–Trinajstić information content (AvgIpc) is 2.34. The fourth-order valence-corrected chi connectivity index (χ4v) is 1.28. The van der Waals surface area contributed by atoms with Crippen LogP contribution in [0, 0.1) is 0 Å². The maximum absolute atomic E-state index is 11.8. The highest BCUT2D eigenvalue weighted by molar-refractivity contribution is 5.77. The molecule has 0 radical (unpaired) electrons. The standard InChI is InChI=1S/C12H12F3NO4/c13-12(14,15)7-16-10(17)6-20-9-3-1-8(2-4-9)5-11(18)19/h1-4H,5-7H2,(H,16,17)(H,18,19). The van der Waals surface area contributed by atoms with E-state index >= 15 is 0 Å². The van der Waals surface area contributed by atoms with Gasteiger partial charge in [-0.3, -0.25) is 9.59 Å². The molecule has 1 aromatic carbocycles. The number of ether oxygens (including phenoxy) is 1. The zero-order valence-corrected chi connectivity index (χ0v) is 10.2. The molecule has 1 amide bonds. The van der Waals surface area contributed by atoms with Gasteiger partial charge in [-0.05, 0) is 17.7 Å². The van der Waals surface area contributed by atoms with Crippen LogP contribution in [0.15, 0.2) is 24.3 Å². The molecule has 0 bridgehead atoms. The summed E-state index contributed by atoms with van der Waals surface area (Å²) in [6.07, 6.45) is -4.61. The number of aliphatic carboxylic acids is 1. The number of benzene rings is 1. The molecule has 0 aromatic heterocycles. The lowest BCUT2D eigenvalue weighted by atomic mass is 10.1. The molecular formula is C12H12F3NO4. The highest BCUT2D eigenvalue weighted by Crippen LogP contribution is 2.13. The minimum atomic E-state index is -4.46. The lowest BCUT2D eigenvalue weighted by Gasteiger charge is -2.09. The number of alkyl halides is 3. The second-order valence-electron chi connectivity index (χ2n) is 3.90. The Balaban J connectivity index is 2.38. The van der Waals surface area contributed by atoms with Gasteiger partial charge in [0.1, 0.15) is 12.3 Å². The van der Waals surface area contributed by atoms with Crippen molar-refractivity contribution in [1.82, 2.24) is 5.32 Å². The van der Waals surface area contributed by atoms with Crippen LogP contribution in [0.3, 0.4) is 0 Å². The summed E-state index contributed by atoms with van der Waals surface area (Å²) in [6.45, 7) is -1.96. The van der Waals surface area contributed by atoms with E-state index in [-0.39, 0.29) is 12.2 Å². The number of carboxylic acid groups (broad SMARTS) is 1. The SMILES string of the molecule is O=C(O)Cc1ccc(OCC(=O)NCC(F)(F)F)cc1. The molecular weight excluding hydrogens is 279 g/mol. The summed E-state index contributed by atoms with van der Waals surface area (Å²) in [5.74, 6) is -1.61. The molecule has 0 atom stereocenters.